The number of morpholine rings is 1. The van der Waals surface area contributed by atoms with Crippen molar-refractivity contribution >= 4 is 23.0 Å². The van der Waals surface area contributed by atoms with Crippen molar-refractivity contribution in [2.24, 2.45) is 0 Å². The van der Waals surface area contributed by atoms with E-state index in [0.29, 0.717) is 29.8 Å². The highest BCUT2D eigenvalue weighted by molar-refractivity contribution is 7.09. The van der Waals surface area contributed by atoms with E-state index in [4.69, 9.17) is 9.47 Å². The molecule has 1 aromatic heterocycles. The van der Waals surface area contributed by atoms with Gasteiger partial charge in [-0.05, 0) is 32.0 Å². The maximum Gasteiger partial charge on any atom is 0.253 e. The Bertz CT molecular complexity index is 950. The Morgan fingerprint density at radius 3 is 2.83 bits per heavy atom. The molecule has 1 fully saturated rings. The lowest BCUT2D eigenvalue weighted by Crippen LogP contribution is -2.36. The Labute approximate surface area is 180 Å². The summed E-state index contributed by atoms with van der Waals surface area (Å²) in [5, 5.41) is 3.05. The van der Waals surface area contributed by atoms with E-state index >= 15 is 0 Å². The second kappa shape index (κ2) is 8.45. The molecule has 4 rings (SSSR count). The minimum Gasteiger partial charge on any atom is -0.487 e. The molecule has 2 aromatic rings. The number of ketones is 1. The van der Waals surface area contributed by atoms with E-state index in [1.165, 1.54) is 0 Å². The molecule has 0 aliphatic carbocycles. The summed E-state index contributed by atoms with van der Waals surface area (Å²) in [5.41, 5.74) is 1.32. The van der Waals surface area contributed by atoms with E-state index in [1.54, 1.807) is 41.5 Å². The Morgan fingerprint density at radius 2 is 2.07 bits per heavy atom. The van der Waals surface area contributed by atoms with Crippen molar-refractivity contribution in [3.63, 3.8) is 0 Å². The van der Waals surface area contributed by atoms with E-state index in [0.717, 1.165) is 43.5 Å². The maximum absolute atomic E-state index is 12.9. The van der Waals surface area contributed by atoms with Gasteiger partial charge in [-0.1, -0.05) is 0 Å². The van der Waals surface area contributed by atoms with Crippen molar-refractivity contribution in [1.29, 1.82) is 0 Å². The molecule has 1 amide bonds. The van der Waals surface area contributed by atoms with E-state index in [9.17, 15) is 9.59 Å². The number of thiazole rings is 1. The molecule has 0 bridgehead atoms. The molecule has 0 unspecified atom stereocenters. The van der Waals surface area contributed by atoms with Crippen LogP contribution in [0.4, 0.5) is 0 Å². The normalized spacial score (nSPS) is 18.6. The summed E-state index contributed by atoms with van der Waals surface area (Å²) in [6.07, 6.45) is 0.304. The second-order valence-electron chi connectivity index (χ2n) is 8.45. The lowest BCUT2D eigenvalue weighted by molar-refractivity contribution is 0.0341. The predicted octanol–water partition coefficient (Wildman–Crippen LogP) is 2.99. The summed E-state index contributed by atoms with van der Waals surface area (Å²) in [6, 6.07) is 5.09. The quantitative estimate of drug-likeness (QED) is 0.728. The summed E-state index contributed by atoms with van der Waals surface area (Å²) in [6.45, 7) is 8.39. The summed E-state index contributed by atoms with van der Waals surface area (Å²) in [4.78, 5) is 34.0. The Hall–Kier alpha value is -2.29. The summed E-state index contributed by atoms with van der Waals surface area (Å²) in [5.74, 6) is 0.409. The van der Waals surface area contributed by atoms with Crippen molar-refractivity contribution in [2.45, 2.75) is 39.0 Å². The van der Waals surface area contributed by atoms with Gasteiger partial charge in [0.15, 0.2) is 5.78 Å². The third-order valence-electron chi connectivity index (χ3n) is 5.31. The molecule has 0 N–H and O–H groups in total. The largest absolute Gasteiger partial charge is 0.487 e. The lowest BCUT2D eigenvalue weighted by Gasteiger charge is -2.31. The average molecular weight is 430 g/mol. The number of rotatable bonds is 5. The number of carbonyl (C=O) groups excluding carboxylic acids is 2. The van der Waals surface area contributed by atoms with Crippen molar-refractivity contribution in [1.82, 2.24) is 14.8 Å². The number of nitrogens with zero attached hydrogens (tertiary/aromatic N) is 3. The van der Waals surface area contributed by atoms with E-state index in [-0.39, 0.29) is 11.7 Å². The second-order valence-corrected chi connectivity index (χ2v) is 9.40. The zero-order valence-corrected chi connectivity index (χ0v) is 18.5. The van der Waals surface area contributed by atoms with Crippen LogP contribution in [0.5, 0.6) is 5.75 Å². The minimum atomic E-state index is -0.518. The fourth-order valence-electron chi connectivity index (χ4n) is 3.77. The standard InChI is InChI=1S/C22H27N3O4S/c1-22(2)11-18(26)17-10-15(4-5-19(17)29-22)21(27)24(3)12-16-14-30-20(23-16)13-25-6-8-28-9-7-25/h4-5,10,14H,6-9,11-13H2,1-3H3. The lowest BCUT2D eigenvalue weighted by atomic mass is 9.92. The first-order valence-electron chi connectivity index (χ1n) is 10.2. The molecule has 2 aliphatic rings. The Morgan fingerprint density at radius 1 is 1.30 bits per heavy atom. The molecule has 0 saturated carbocycles. The molecule has 0 atom stereocenters. The number of aromatic nitrogens is 1. The number of hydrogen-bond donors (Lipinski definition) is 0. The molecule has 7 nitrogen and oxygen atoms in total. The van der Waals surface area contributed by atoms with E-state index in [2.05, 4.69) is 9.88 Å². The minimum absolute atomic E-state index is 0.00538. The van der Waals surface area contributed by atoms with Crippen LogP contribution in [0.25, 0.3) is 0 Å². The van der Waals surface area contributed by atoms with Crippen LogP contribution in [-0.2, 0) is 17.8 Å². The highest BCUT2D eigenvalue weighted by Crippen LogP contribution is 2.33. The number of amides is 1. The first-order valence-corrected chi connectivity index (χ1v) is 11.0. The SMILES string of the molecule is CN(Cc1csc(CN2CCOCC2)n1)C(=O)c1ccc2c(c1)C(=O)CC(C)(C)O2. The van der Waals surface area contributed by atoms with Crippen LogP contribution in [0, 0.1) is 0 Å². The van der Waals surface area contributed by atoms with Crippen LogP contribution in [0.1, 0.15) is 51.7 Å². The van der Waals surface area contributed by atoms with Gasteiger partial charge in [0.25, 0.3) is 5.91 Å². The van der Waals surface area contributed by atoms with Crippen LogP contribution in [-0.4, -0.2) is 65.4 Å². The molecule has 8 heteroatoms. The fraction of sp³-hybridized carbons (Fsp3) is 0.500. The van der Waals surface area contributed by atoms with Crippen LogP contribution >= 0.6 is 11.3 Å². The summed E-state index contributed by atoms with van der Waals surface area (Å²) < 4.78 is 11.3. The van der Waals surface area contributed by atoms with Crippen molar-refractivity contribution < 1.29 is 19.1 Å². The Balaban J connectivity index is 1.41. The van der Waals surface area contributed by atoms with Gasteiger partial charge < -0.3 is 14.4 Å². The molecular weight excluding hydrogens is 402 g/mol. The van der Waals surface area contributed by atoms with Gasteiger partial charge in [-0.15, -0.1) is 11.3 Å². The average Bonchev–Trinajstić information content (AvgIpc) is 3.13. The number of Topliss-reactive ketones (excluding diaryl/α,β-unsaturated/α-hetero) is 1. The molecule has 160 valence electrons. The van der Waals surface area contributed by atoms with Crippen LogP contribution in [0.3, 0.4) is 0 Å². The Kier molecular flexibility index (Phi) is 5.90. The van der Waals surface area contributed by atoms with Crippen LogP contribution in [0.15, 0.2) is 23.6 Å². The van der Waals surface area contributed by atoms with Gasteiger partial charge in [-0.3, -0.25) is 14.5 Å². The van der Waals surface area contributed by atoms with E-state index < -0.39 is 5.60 Å². The number of hydrogen-bond acceptors (Lipinski definition) is 7. The number of ether oxygens (including phenoxy) is 2. The summed E-state index contributed by atoms with van der Waals surface area (Å²) >= 11 is 1.62. The molecule has 30 heavy (non-hydrogen) atoms. The zero-order valence-electron chi connectivity index (χ0n) is 17.6. The molecule has 0 radical (unpaired) electrons. The molecule has 1 aromatic carbocycles. The van der Waals surface area contributed by atoms with Gasteiger partial charge in [0.1, 0.15) is 16.4 Å². The first kappa shape index (κ1) is 21.0. The van der Waals surface area contributed by atoms with Gasteiger partial charge >= 0.3 is 0 Å². The van der Waals surface area contributed by atoms with Crippen LogP contribution < -0.4 is 4.74 Å². The summed E-state index contributed by atoms with van der Waals surface area (Å²) in [7, 11) is 1.75. The number of fused-ring (bicyclic) bond motifs is 1. The van der Waals surface area contributed by atoms with Crippen molar-refractivity contribution in [3.05, 3.63) is 45.4 Å². The third kappa shape index (κ3) is 4.71. The monoisotopic (exact) mass is 429 g/mol. The molecular formula is C22H27N3O4S. The highest BCUT2D eigenvalue weighted by atomic mass is 32.1. The topological polar surface area (TPSA) is 72.0 Å². The van der Waals surface area contributed by atoms with Crippen LogP contribution in [0.2, 0.25) is 0 Å². The zero-order chi connectivity index (χ0) is 21.3. The maximum atomic E-state index is 12.9. The third-order valence-corrected chi connectivity index (χ3v) is 6.19. The van der Waals surface area contributed by atoms with E-state index in [1.807, 2.05) is 19.2 Å². The number of benzene rings is 1. The molecule has 1 saturated heterocycles. The van der Waals surface area contributed by atoms with Gasteiger partial charge in [-0.25, -0.2) is 4.98 Å². The molecule has 2 aliphatic heterocycles. The first-order chi connectivity index (χ1) is 14.3. The van der Waals surface area contributed by atoms with Gasteiger partial charge in [0.05, 0.1) is 44.0 Å². The predicted molar refractivity (Wildman–Crippen MR) is 114 cm³/mol. The van der Waals surface area contributed by atoms with Gasteiger partial charge in [-0.2, -0.15) is 0 Å². The molecule has 3 heterocycles. The molecule has 0 spiro atoms. The highest BCUT2D eigenvalue weighted by Gasteiger charge is 2.33. The van der Waals surface area contributed by atoms with Gasteiger partial charge in [0.2, 0.25) is 0 Å². The van der Waals surface area contributed by atoms with Crippen molar-refractivity contribution in [3.8, 4) is 5.75 Å². The fourth-order valence-corrected chi connectivity index (χ4v) is 4.59. The van der Waals surface area contributed by atoms with Crippen molar-refractivity contribution in [2.75, 3.05) is 33.4 Å². The van der Waals surface area contributed by atoms with Gasteiger partial charge in [0, 0.05) is 31.1 Å². The number of carbonyl (C=O) groups is 2. The smallest absolute Gasteiger partial charge is 0.253 e.